The average Bonchev–Trinajstić information content (AvgIpc) is 3.06. The monoisotopic (exact) mass is 297 g/mol. The van der Waals surface area contributed by atoms with E-state index in [2.05, 4.69) is 15.6 Å². The van der Waals surface area contributed by atoms with Crippen molar-refractivity contribution in [2.24, 2.45) is 5.92 Å². The van der Waals surface area contributed by atoms with Gasteiger partial charge in [0.05, 0.1) is 12.0 Å². The molecule has 0 saturated heterocycles. The van der Waals surface area contributed by atoms with Crippen LogP contribution in [-0.2, 0) is 4.79 Å². The minimum absolute atomic E-state index is 0.125. The second-order valence-corrected chi connectivity index (χ2v) is 5.86. The number of thiazole rings is 1. The first kappa shape index (κ1) is 14.8. The van der Waals surface area contributed by atoms with E-state index in [0.717, 1.165) is 24.3 Å². The molecule has 1 saturated carbocycles. The number of aliphatic carboxylic acids is 1. The maximum absolute atomic E-state index is 12.0. The number of carboxylic acids is 1. The summed E-state index contributed by atoms with van der Waals surface area (Å²) in [7, 11) is 0. The van der Waals surface area contributed by atoms with Gasteiger partial charge in [0.2, 0.25) is 0 Å². The van der Waals surface area contributed by atoms with Crippen LogP contribution < -0.4 is 10.6 Å². The number of amides is 2. The molecule has 2 amide bonds. The molecule has 3 unspecified atom stereocenters. The zero-order chi connectivity index (χ0) is 14.5. The maximum Gasteiger partial charge on any atom is 0.315 e. The quantitative estimate of drug-likeness (QED) is 0.776. The van der Waals surface area contributed by atoms with Crippen molar-refractivity contribution in [2.45, 2.75) is 44.7 Å². The number of rotatable bonds is 5. The molecule has 2 rings (SSSR count). The lowest BCUT2D eigenvalue weighted by Crippen LogP contribution is -2.46. The Morgan fingerprint density at radius 1 is 1.55 bits per heavy atom. The van der Waals surface area contributed by atoms with Crippen LogP contribution in [0, 0.1) is 5.92 Å². The molecule has 1 aromatic rings. The fourth-order valence-corrected chi connectivity index (χ4v) is 3.31. The Morgan fingerprint density at radius 2 is 2.35 bits per heavy atom. The molecule has 0 radical (unpaired) electrons. The van der Waals surface area contributed by atoms with Crippen molar-refractivity contribution in [3.05, 3.63) is 16.6 Å². The van der Waals surface area contributed by atoms with Crippen LogP contribution >= 0.6 is 11.3 Å². The number of nitrogens with one attached hydrogen (secondary N) is 2. The number of aromatic nitrogens is 1. The molecule has 0 aliphatic heterocycles. The van der Waals surface area contributed by atoms with Gasteiger partial charge in [-0.2, -0.15) is 0 Å². The third-order valence-corrected chi connectivity index (χ3v) is 4.50. The predicted octanol–water partition coefficient (Wildman–Crippen LogP) is 2.15. The highest BCUT2D eigenvalue weighted by Gasteiger charge is 2.34. The van der Waals surface area contributed by atoms with Crippen LogP contribution in [0.1, 0.15) is 43.7 Å². The second kappa shape index (κ2) is 6.69. The van der Waals surface area contributed by atoms with Crippen LogP contribution in [0.3, 0.4) is 0 Å². The zero-order valence-electron chi connectivity index (χ0n) is 11.3. The summed E-state index contributed by atoms with van der Waals surface area (Å²) in [6, 6.07) is -0.716. The van der Waals surface area contributed by atoms with Gasteiger partial charge in [0.25, 0.3) is 0 Å². The number of nitrogens with zero attached hydrogens (tertiary/aromatic N) is 1. The molecule has 6 nitrogen and oxygen atoms in total. The molecular weight excluding hydrogens is 278 g/mol. The van der Waals surface area contributed by atoms with Crippen molar-refractivity contribution in [3.63, 3.8) is 0 Å². The molecule has 3 N–H and O–H groups in total. The first-order valence-corrected chi connectivity index (χ1v) is 7.69. The smallest absolute Gasteiger partial charge is 0.315 e. The van der Waals surface area contributed by atoms with Crippen LogP contribution in [0.25, 0.3) is 0 Å². The van der Waals surface area contributed by atoms with E-state index in [4.69, 9.17) is 5.11 Å². The summed E-state index contributed by atoms with van der Waals surface area (Å²) in [4.78, 5) is 27.3. The zero-order valence-corrected chi connectivity index (χ0v) is 12.2. The summed E-state index contributed by atoms with van der Waals surface area (Å²) in [5.74, 6) is -1.31. The summed E-state index contributed by atoms with van der Waals surface area (Å²) in [5.41, 5.74) is 0. The highest BCUT2D eigenvalue weighted by molar-refractivity contribution is 7.09. The third kappa shape index (κ3) is 3.47. The van der Waals surface area contributed by atoms with Crippen LogP contribution in [0.2, 0.25) is 0 Å². The Hall–Kier alpha value is -1.63. The van der Waals surface area contributed by atoms with E-state index in [1.165, 1.54) is 11.3 Å². The Bertz CT molecular complexity index is 463. The average molecular weight is 297 g/mol. The number of carbonyl (C=O) groups excluding carboxylic acids is 1. The van der Waals surface area contributed by atoms with E-state index < -0.39 is 11.9 Å². The number of hydrogen-bond donors (Lipinski definition) is 3. The van der Waals surface area contributed by atoms with E-state index in [0.29, 0.717) is 6.42 Å². The largest absolute Gasteiger partial charge is 0.481 e. The molecule has 3 atom stereocenters. The topological polar surface area (TPSA) is 91.3 Å². The van der Waals surface area contributed by atoms with Crippen molar-refractivity contribution in [1.82, 2.24) is 15.6 Å². The summed E-state index contributed by atoms with van der Waals surface area (Å²) in [6.45, 7) is 1.97. The molecule has 0 bridgehead atoms. The van der Waals surface area contributed by atoms with Gasteiger partial charge in [-0.25, -0.2) is 9.78 Å². The van der Waals surface area contributed by atoms with Crippen LogP contribution in [0.4, 0.5) is 4.79 Å². The van der Waals surface area contributed by atoms with Crippen LogP contribution in [0.15, 0.2) is 11.6 Å². The normalized spacial score (nSPS) is 23.2. The van der Waals surface area contributed by atoms with E-state index in [-0.39, 0.29) is 18.1 Å². The number of hydrogen-bond acceptors (Lipinski definition) is 4. The molecule has 1 fully saturated rings. The fraction of sp³-hybridized carbons (Fsp3) is 0.615. The van der Waals surface area contributed by atoms with Gasteiger partial charge in [-0.15, -0.1) is 11.3 Å². The molecule has 1 aliphatic carbocycles. The number of carboxylic acid groups (broad SMARTS) is 1. The molecule has 1 heterocycles. The van der Waals surface area contributed by atoms with E-state index >= 15 is 0 Å². The highest BCUT2D eigenvalue weighted by atomic mass is 32.1. The predicted molar refractivity (Wildman–Crippen MR) is 75.6 cm³/mol. The van der Waals surface area contributed by atoms with E-state index in [9.17, 15) is 9.59 Å². The van der Waals surface area contributed by atoms with Gasteiger partial charge in [0, 0.05) is 17.6 Å². The van der Waals surface area contributed by atoms with Crippen molar-refractivity contribution in [2.75, 3.05) is 0 Å². The minimum atomic E-state index is -0.834. The van der Waals surface area contributed by atoms with Gasteiger partial charge in [-0.05, 0) is 19.3 Å². The molecule has 1 aliphatic rings. The Balaban J connectivity index is 1.90. The van der Waals surface area contributed by atoms with Crippen LogP contribution in [0.5, 0.6) is 0 Å². The van der Waals surface area contributed by atoms with Gasteiger partial charge in [0.1, 0.15) is 5.01 Å². The molecule has 110 valence electrons. The minimum Gasteiger partial charge on any atom is -0.481 e. The van der Waals surface area contributed by atoms with Crippen molar-refractivity contribution in [3.8, 4) is 0 Å². The summed E-state index contributed by atoms with van der Waals surface area (Å²) in [5, 5.41) is 17.5. The molecule has 0 aromatic carbocycles. The standard InChI is InChI=1S/C13H19N3O3S/c1-2-9(11-14-6-7-20-11)15-13(19)16-10-5-3-4-8(10)12(17)18/h6-10H,2-5H2,1H3,(H,17,18)(H2,15,16,19). The molecule has 1 aromatic heterocycles. The maximum atomic E-state index is 12.0. The molecule has 20 heavy (non-hydrogen) atoms. The lowest BCUT2D eigenvalue weighted by molar-refractivity contribution is -0.142. The van der Waals surface area contributed by atoms with Crippen LogP contribution in [-0.4, -0.2) is 28.1 Å². The van der Waals surface area contributed by atoms with Gasteiger partial charge >= 0.3 is 12.0 Å². The SMILES string of the molecule is CCC(NC(=O)NC1CCCC1C(=O)O)c1nccs1. The van der Waals surface area contributed by atoms with E-state index in [1.54, 1.807) is 6.20 Å². The van der Waals surface area contributed by atoms with Crippen molar-refractivity contribution < 1.29 is 14.7 Å². The van der Waals surface area contributed by atoms with Gasteiger partial charge in [-0.1, -0.05) is 13.3 Å². The Labute approximate surface area is 121 Å². The van der Waals surface area contributed by atoms with Gasteiger partial charge in [0.15, 0.2) is 0 Å². The van der Waals surface area contributed by atoms with E-state index in [1.807, 2.05) is 12.3 Å². The van der Waals surface area contributed by atoms with Gasteiger partial charge in [-0.3, -0.25) is 4.79 Å². The summed E-state index contributed by atoms with van der Waals surface area (Å²) < 4.78 is 0. The Kier molecular flexibility index (Phi) is 4.94. The molecule has 7 heteroatoms. The number of carbonyl (C=O) groups is 2. The Morgan fingerprint density at radius 3 is 2.95 bits per heavy atom. The first-order valence-electron chi connectivity index (χ1n) is 6.81. The second-order valence-electron chi connectivity index (χ2n) is 4.93. The third-order valence-electron chi connectivity index (χ3n) is 3.61. The fourth-order valence-electron chi connectivity index (χ4n) is 2.54. The van der Waals surface area contributed by atoms with Gasteiger partial charge < -0.3 is 15.7 Å². The van der Waals surface area contributed by atoms with Crippen molar-refractivity contribution >= 4 is 23.3 Å². The summed E-state index contributed by atoms with van der Waals surface area (Å²) in [6.07, 6.45) is 4.64. The lowest BCUT2D eigenvalue weighted by Gasteiger charge is -2.20. The van der Waals surface area contributed by atoms with Crippen molar-refractivity contribution in [1.29, 1.82) is 0 Å². The number of urea groups is 1. The summed E-state index contributed by atoms with van der Waals surface area (Å²) >= 11 is 1.50. The lowest BCUT2D eigenvalue weighted by atomic mass is 10.0. The molecule has 0 spiro atoms. The molecular formula is C13H19N3O3S. The highest BCUT2D eigenvalue weighted by Crippen LogP contribution is 2.26. The first-order chi connectivity index (χ1) is 9.61.